The monoisotopic (exact) mass is 436 g/mol. The fourth-order valence-corrected chi connectivity index (χ4v) is 3.05. The minimum atomic E-state index is 0.392. The Bertz CT molecular complexity index is 994. The van der Waals surface area contributed by atoms with E-state index in [1.807, 2.05) is 36.5 Å². The molecule has 0 fully saturated rings. The predicted molar refractivity (Wildman–Crippen MR) is 117 cm³/mol. The van der Waals surface area contributed by atoms with Crippen molar-refractivity contribution >= 4 is 52.0 Å². The van der Waals surface area contributed by atoms with Crippen LogP contribution in [0.1, 0.15) is 5.56 Å². The Kier molecular flexibility index (Phi) is 6.61. The van der Waals surface area contributed by atoms with Crippen LogP contribution in [0.15, 0.2) is 48.7 Å². The zero-order valence-corrected chi connectivity index (χ0v) is 17.5. The van der Waals surface area contributed by atoms with Gasteiger partial charge in [-0.2, -0.15) is 5.10 Å². The molecule has 1 heterocycles. The number of nitrogens with zero attached hydrogens (tertiary/aromatic N) is 2. The molecule has 28 heavy (non-hydrogen) atoms. The second kappa shape index (κ2) is 9.14. The Hall–Kier alpha value is -2.48. The Morgan fingerprint density at radius 2 is 1.86 bits per heavy atom. The molecule has 0 saturated carbocycles. The zero-order valence-electron chi connectivity index (χ0n) is 15.2. The van der Waals surface area contributed by atoms with Gasteiger partial charge in [0.2, 0.25) is 0 Å². The van der Waals surface area contributed by atoms with Crippen molar-refractivity contribution in [1.82, 2.24) is 9.78 Å². The maximum Gasteiger partial charge on any atom is 0.176 e. The first kappa shape index (κ1) is 20.3. The van der Waals surface area contributed by atoms with Crippen LogP contribution in [0.25, 0.3) is 0 Å². The average Bonchev–Trinajstić information content (AvgIpc) is 3.11. The first-order chi connectivity index (χ1) is 13.5. The van der Waals surface area contributed by atoms with Crippen LogP contribution in [0.5, 0.6) is 11.5 Å². The topological polar surface area (TPSA) is 60.3 Å². The number of hydrogen-bond acceptors (Lipinski definition) is 4. The predicted octanol–water partition coefficient (Wildman–Crippen LogP) is 5.06. The third-order valence-corrected chi connectivity index (χ3v) is 4.81. The van der Waals surface area contributed by atoms with Crippen LogP contribution in [0.3, 0.4) is 0 Å². The molecule has 146 valence electrons. The average molecular weight is 437 g/mol. The molecule has 3 aromatic rings. The van der Waals surface area contributed by atoms with Gasteiger partial charge in [-0.3, -0.25) is 4.68 Å². The minimum absolute atomic E-state index is 0.392. The molecule has 0 aliphatic heterocycles. The van der Waals surface area contributed by atoms with Crippen molar-refractivity contribution in [3.8, 4) is 11.5 Å². The summed E-state index contributed by atoms with van der Waals surface area (Å²) in [4.78, 5) is 0. The number of benzene rings is 2. The highest BCUT2D eigenvalue weighted by atomic mass is 35.5. The van der Waals surface area contributed by atoms with Crippen molar-refractivity contribution in [2.24, 2.45) is 0 Å². The first-order valence-electron chi connectivity index (χ1n) is 8.26. The summed E-state index contributed by atoms with van der Waals surface area (Å²) in [7, 11) is 3.18. The van der Waals surface area contributed by atoms with Gasteiger partial charge in [0.1, 0.15) is 11.5 Å². The third-order valence-electron chi connectivity index (χ3n) is 3.87. The summed E-state index contributed by atoms with van der Waals surface area (Å²) in [6, 6.07) is 12.7. The van der Waals surface area contributed by atoms with Gasteiger partial charge in [-0.05, 0) is 42.0 Å². The zero-order chi connectivity index (χ0) is 20.1. The van der Waals surface area contributed by atoms with E-state index in [1.54, 1.807) is 31.0 Å². The molecular formula is C19H18Cl2N4O2S. The second-order valence-corrected chi connectivity index (χ2v) is 7.02. The molecule has 0 spiro atoms. The summed E-state index contributed by atoms with van der Waals surface area (Å²) in [5.74, 6) is 1.93. The minimum Gasteiger partial charge on any atom is -0.497 e. The molecular weight excluding hydrogens is 419 g/mol. The molecule has 1 aromatic heterocycles. The Labute approximate surface area is 178 Å². The molecule has 6 nitrogen and oxygen atoms in total. The third kappa shape index (κ3) is 5.07. The number of nitrogens with one attached hydrogen (secondary N) is 2. The summed E-state index contributed by atoms with van der Waals surface area (Å²) >= 11 is 17.4. The van der Waals surface area contributed by atoms with E-state index in [0.29, 0.717) is 39.0 Å². The van der Waals surface area contributed by atoms with Gasteiger partial charge in [-0.1, -0.05) is 29.3 Å². The van der Waals surface area contributed by atoms with Crippen molar-refractivity contribution in [2.75, 3.05) is 24.9 Å². The lowest BCUT2D eigenvalue weighted by atomic mass is 10.2. The van der Waals surface area contributed by atoms with Crippen molar-refractivity contribution in [3.05, 3.63) is 64.3 Å². The molecule has 0 unspecified atom stereocenters. The lowest BCUT2D eigenvalue weighted by molar-refractivity contribution is 0.395. The van der Waals surface area contributed by atoms with Gasteiger partial charge in [-0.15, -0.1) is 0 Å². The van der Waals surface area contributed by atoms with Crippen LogP contribution in [0.2, 0.25) is 10.0 Å². The normalized spacial score (nSPS) is 10.4. The molecule has 0 amide bonds. The molecule has 2 aromatic carbocycles. The van der Waals surface area contributed by atoms with Crippen molar-refractivity contribution in [3.63, 3.8) is 0 Å². The van der Waals surface area contributed by atoms with Gasteiger partial charge in [-0.25, -0.2) is 0 Å². The van der Waals surface area contributed by atoms with E-state index in [2.05, 4.69) is 15.7 Å². The number of aromatic nitrogens is 2. The lowest BCUT2D eigenvalue weighted by Gasteiger charge is -2.13. The summed E-state index contributed by atoms with van der Waals surface area (Å²) in [6.45, 7) is 0.561. The first-order valence-corrected chi connectivity index (χ1v) is 9.42. The molecule has 0 atom stereocenters. The highest BCUT2D eigenvalue weighted by Gasteiger charge is 2.08. The number of rotatable bonds is 6. The lowest BCUT2D eigenvalue weighted by Crippen LogP contribution is -2.20. The molecule has 9 heteroatoms. The van der Waals surface area contributed by atoms with Crippen molar-refractivity contribution < 1.29 is 9.47 Å². The van der Waals surface area contributed by atoms with E-state index >= 15 is 0 Å². The number of hydrogen-bond donors (Lipinski definition) is 2. The second-order valence-electron chi connectivity index (χ2n) is 5.79. The number of anilines is 2. The summed E-state index contributed by atoms with van der Waals surface area (Å²) < 4.78 is 12.3. The molecule has 2 N–H and O–H groups in total. The highest BCUT2D eigenvalue weighted by molar-refractivity contribution is 7.80. The smallest absolute Gasteiger partial charge is 0.176 e. The standard InChI is InChI=1S/C19H18Cl2N4O2S/c1-26-13-4-6-16(17(10-13)27-2)22-19(28)23-18-7-8-25(24-18)11-12-3-5-14(20)15(21)9-12/h3-10H,11H2,1-2H3,(H2,22,23,24,28). The van der Waals surface area contributed by atoms with E-state index in [0.717, 1.165) is 11.3 Å². The van der Waals surface area contributed by atoms with Gasteiger partial charge in [0.25, 0.3) is 0 Å². The fraction of sp³-hybridized carbons (Fsp3) is 0.158. The summed E-state index contributed by atoms with van der Waals surface area (Å²) in [6.07, 6.45) is 1.85. The van der Waals surface area contributed by atoms with Crippen molar-refractivity contribution in [1.29, 1.82) is 0 Å². The maximum atomic E-state index is 6.06. The van der Waals surface area contributed by atoms with Crippen LogP contribution >= 0.6 is 35.4 Å². The van der Waals surface area contributed by atoms with Gasteiger partial charge >= 0.3 is 0 Å². The number of methoxy groups -OCH3 is 2. The highest BCUT2D eigenvalue weighted by Crippen LogP contribution is 2.29. The molecule has 0 bridgehead atoms. The molecule has 0 saturated heterocycles. The fourth-order valence-electron chi connectivity index (χ4n) is 2.51. The summed E-state index contributed by atoms with van der Waals surface area (Å²) in [5, 5.41) is 12.0. The molecule has 0 aliphatic rings. The quantitative estimate of drug-likeness (QED) is 0.526. The number of ether oxygens (including phenoxy) is 2. The van der Waals surface area contributed by atoms with Crippen LogP contribution in [0.4, 0.5) is 11.5 Å². The van der Waals surface area contributed by atoms with E-state index in [1.165, 1.54) is 0 Å². The number of thiocarbonyl (C=S) groups is 1. The maximum absolute atomic E-state index is 6.06. The van der Waals surface area contributed by atoms with E-state index in [9.17, 15) is 0 Å². The van der Waals surface area contributed by atoms with Crippen molar-refractivity contribution in [2.45, 2.75) is 6.54 Å². The van der Waals surface area contributed by atoms with E-state index in [4.69, 9.17) is 44.9 Å². The van der Waals surface area contributed by atoms with Gasteiger partial charge < -0.3 is 20.1 Å². The van der Waals surface area contributed by atoms with Gasteiger partial charge in [0, 0.05) is 18.3 Å². The Balaban J connectivity index is 1.63. The molecule has 3 rings (SSSR count). The van der Waals surface area contributed by atoms with Gasteiger partial charge in [0.15, 0.2) is 10.9 Å². The van der Waals surface area contributed by atoms with Crippen LogP contribution in [-0.2, 0) is 6.54 Å². The summed E-state index contributed by atoms with van der Waals surface area (Å²) in [5.41, 5.74) is 1.71. The number of halogens is 2. The molecule has 0 aliphatic carbocycles. The van der Waals surface area contributed by atoms with E-state index < -0.39 is 0 Å². The Morgan fingerprint density at radius 3 is 2.57 bits per heavy atom. The van der Waals surface area contributed by atoms with Crippen LogP contribution < -0.4 is 20.1 Å². The largest absolute Gasteiger partial charge is 0.497 e. The van der Waals surface area contributed by atoms with Gasteiger partial charge in [0.05, 0.1) is 36.5 Å². The van der Waals surface area contributed by atoms with Crippen LogP contribution in [0, 0.1) is 0 Å². The van der Waals surface area contributed by atoms with E-state index in [-0.39, 0.29) is 0 Å². The Morgan fingerprint density at radius 1 is 1.04 bits per heavy atom. The van der Waals surface area contributed by atoms with Crippen LogP contribution in [-0.4, -0.2) is 29.1 Å². The molecule has 0 radical (unpaired) electrons. The SMILES string of the molecule is COc1ccc(NC(=S)Nc2ccn(Cc3ccc(Cl)c(Cl)c3)n2)c(OC)c1.